The zero-order valence-electron chi connectivity index (χ0n) is 16.7. The van der Waals surface area contributed by atoms with Gasteiger partial charge in [-0.2, -0.15) is 0 Å². The summed E-state index contributed by atoms with van der Waals surface area (Å²) >= 11 is 5.96. The molecule has 0 radical (unpaired) electrons. The molecule has 8 heteroatoms. The number of ether oxygens (including phenoxy) is 3. The molecular weight excluding hydrogens is 406 g/mol. The van der Waals surface area contributed by atoms with Crippen LogP contribution < -0.4 is 19.5 Å². The summed E-state index contributed by atoms with van der Waals surface area (Å²) in [6, 6.07) is 16.1. The van der Waals surface area contributed by atoms with E-state index in [1.807, 2.05) is 37.3 Å². The average Bonchev–Trinajstić information content (AvgIpc) is 2.78. The zero-order valence-corrected chi connectivity index (χ0v) is 17.5. The minimum Gasteiger partial charge on any atom is -0.496 e. The van der Waals surface area contributed by atoms with Crippen molar-refractivity contribution in [2.75, 3.05) is 26.9 Å². The number of halogens is 1. The van der Waals surface area contributed by atoms with Gasteiger partial charge < -0.3 is 19.5 Å². The Balaban J connectivity index is 1.50. The summed E-state index contributed by atoms with van der Waals surface area (Å²) in [5.41, 5.74) is 2.02. The Hall–Kier alpha value is -3.32. The predicted molar refractivity (Wildman–Crippen MR) is 114 cm³/mol. The van der Waals surface area contributed by atoms with Gasteiger partial charge in [-0.25, -0.2) is 0 Å². The standard InChI is InChI=1S/C22H22ClN3O4/c1-3-29-17-7-4-15(5-8-17)19-9-11-21(26-25-19)30-13-12-24-22(27)18-14-16(23)6-10-20(18)28-2/h4-11,14H,3,12-13H2,1-2H3,(H,24,27). The highest BCUT2D eigenvalue weighted by atomic mass is 35.5. The highest BCUT2D eigenvalue weighted by molar-refractivity contribution is 6.31. The Morgan fingerprint density at radius 3 is 2.50 bits per heavy atom. The molecular formula is C22H22ClN3O4. The molecule has 0 aliphatic heterocycles. The van der Waals surface area contributed by atoms with E-state index in [2.05, 4.69) is 15.5 Å². The Morgan fingerprint density at radius 2 is 1.83 bits per heavy atom. The van der Waals surface area contributed by atoms with Crippen molar-refractivity contribution in [1.29, 1.82) is 0 Å². The van der Waals surface area contributed by atoms with Crippen LogP contribution in [0.4, 0.5) is 0 Å². The van der Waals surface area contributed by atoms with E-state index in [0.29, 0.717) is 28.8 Å². The fourth-order valence-electron chi connectivity index (χ4n) is 2.71. The predicted octanol–water partition coefficient (Wildman–Crippen LogP) is 4.01. The van der Waals surface area contributed by atoms with Gasteiger partial charge in [-0.3, -0.25) is 4.79 Å². The molecule has 3 rings (SSSR count). The minimum absolute atomic E-state index is 0.242. The molecule has 0 saturated carbocycles. The highest BCUT2D eigenvalue weighted by Crippen LogP contribution is 2.23. The van der Waals surface area contributed by atoms with Crippen molar-refractivity contribution in [2.24, 2.45) is 0 Å². The van der Waals surface area contributed by atoms with Crippen molar-refractivity contribution < 1.29 is 19.0 Å². The second-order valence-corrected chi connectivity index (χ2v) is 6.60. The Morgan fingerprint density at radius 1 is 1.03 bits per heavy atom. The molecule has 156 valence electrons. The molecule has 0 bridgehead atoms. The summed E-state index contributed by atoms with van der Waals surface area (Å²) in [6.07, 6.45) is 0. The van der Waals surface area contributed by atoms with E-state index in [4.69, 9.17) is 25.8 Å². The minimum atomic E-state index is -0.296. The molecule has 0 saturated heterocycles. The lowest BCUT2D eigenvalue weighted by molar-refractivity contribution is 0.0943. The first-order chi connectivity index (χ1) is 14.6. The van der Waals surface area contributed by atoms with Crippen LogP contribution in [0.2, 0.25) is 5.02 Å². The van der Waals surface area contributed by atoms with Crippen LogP contribution in [0.25, 0.3) is 11.3 Å². The molecule has 0 unspecified atom stereocenters. The van der Waals surface area contributed by atoms with Gasteiger partial charge in [0.25, 0.3) is 5.91 Å². The maximum absolute atomic E-state index is 12.3. The molecule has 1 heterocycles. The van der Waals surface area contributed by atoms with E-state index in [0.717, 1.165) is 17.0 Å². The van der Waals surface area contributed by atoms with Gasteiger partial charge in [-0.1, -0.05) is 11.6 Å². The first kappa shape index (κ1) is 21.4. The van der Waals surface area contributed by atoms with Gasteiger partial charge in [0.15, 0.2) is 0 Å². The first-order valence-electron chi connectivity index (χ1n) is 9.42. The molecule has 30 heavy (non-hydrogen) atoms. The van der Waals surface area contributed by atoms with Gasteiger partial charge in [0.05, 0.1) is 31.5 Å². The molecule has 0 fully saturated rings. The fraction of sp³-hybridized carbons (Fsp3) is 0.227. The summed E-state index contributed by atoms with van der Waals surface area (Å²) in [5, 5.41) is 11.5. The van der Waals surface area contributed by atoms with Gasteiger partial charge >= 0.3 is 0 Å². The third-order valence-corrected chi connectivity index (χ3v) is 4.38. The van der Waals surface area contributed by atoms with Gasteiger partial charge in [0.1, 0.15) is 18.1 Å². The Labute approximate surface area is 179 Å². The second-order valence-electron chi connectivity index (χ2n) is 6.16. The first-order valence-corrected chi connectivity index (χ1v) is 9.80. The molecule has 2 aromatic carbocycles. The quantitative estimate of drug-likeness (QED) is 0.519. The van der Waals surface area contributed by atoms with E-state index in [1.54, 1.807) is 24.3 Å². The van der Waals surface area contributed by atoms with Gasteiger partial charge in [0.2, 0.25) is 5.88 Å². The number of nitrogens with one attached hydrogen (secondary N) is 1. The van der Waals surface area contributed by atoms with E-state index in [9.17, 15) is 4.79 Å². The third-order valence-electron chi connectivity index (χ3n) is 4.14. The fourth-order valence-corrected chi connectivity index (χ4v) is 2.88. The number of carbonyl (C=O) groups is 1. The number of hydrogen-bond acceptors (Lipinski definition) is 6. The molecule has 1 aromatic heterocycles. The molecule has 0 aliphatic rings. The van der Waals surface area contributed by atoms with E-state index < -0.39 is 0 Å². The lowest BCUT2D eigenvalue weighted by Crippen LogP contribution is -2.28. The van der Waals surface area contributed by atoms with Crippen LogP contribution >= 0.6 is 11.6 Å². The monoisotopic (exact) mass is 427 g/mol. The second kappa shape index (κ2) is 10.5. The van der Waals surface area contributed by atoms with Gasteiger partial charge in [-0.05, 0) is 55.5 Å². The van der Waals surface area contributed by atoms with Gasteiger partial charge in [0, 0.05) is 16.7 Å². The van der Waals surface area contributed by atoms with Crippen molar-refractivity contribution >= 4 is 17.5 Å². The summed E-state index contributed by atoms with van der Waals surface area (Å²) in [6.45, 7) is 3.10. The van der Waals surface area contributed by atoms with Crippen LogP contribution in [-0.2, 0) is 0 Å². The summed E-state index contributed by atoms with van der Waals surface area (Å²) < 4.78 is 16.2. The molecule has 0 spiro atoms. The van der Waals surface area contributed by atoms with E-state index >= 15 is 0 Å². The average molecular weight is 428 g/mol. The van der Waals surface area contributed by atoms with Gasteiger partial charge in [-0.15, -0.1) is 10.2 Å². The van der Waals surface area contributed by atoms with Crippen molar-refractivity contribution in [3.63, 3.8) is 0 Å². The van der Waals surface area contributed by atoms with Crippen molar-refractivity contribution in [3.05, 3.63) is 65.2 Å². The van der Waals surface area contributed by atoms with E-state index in [-0.39, 0.29) is 19.1 Å². The molecule has 1 amide bonds. The number of methoxy groups -OCH3 is 1. The SMILES string of the molecule is CCOc1ccc(-c2ccc(OCCNC(=O)c3cc(Cl)ccc3OC)nn2)cc1. The molecule has 1 N–H and O–H groups in total. The van der Waals surface area contributed by atoms with Crippen molar-refractivity contribution in [2.45, 2.75) is 6.92 Å². The number of aromatic nitrogens is 2. The number of hydrogen-bond donors (Lipinski definition) is 1. The van der Waals surface area contributed by atoms with Crippen LogP contribution in [0, 0.1) is 0 Å². The summed E-state index contributed by atoms with van der Waals surface area (Å²) in [5.74, 6) is 1.34. The maximum Gasteiger partial charge on any atom is 0.255 e. The normalized spacial score (nSPS) is 10.4. The lowest BCUT2D eigenvalue weighted by Gasteiger charge is -2.10. The number of carbonyl (C=O) groups excluding carboxylic acids is 1. The largest absolute Gasteiger partial charge is 0.496 e. The lowest BCUT2D eigenvalue weighted by atomic mass is 10.1. The van der Waals surface area contributed by atoms with E-state index in [1.165, 1.54) is 7.11 Å². The molecule has 0 atom stereocenters. The molecule has 3 aromatic rings. The summed E-state index contributed by atoms with van der Waals surface area (Å²) in [4.78, 5) is 12.3. The van der Waals surface area contributed by atoms with Crippen LogP contribution in [0.5, 0.6) is 17.4 Å². The van der Waals surface area contributed by atoms with Crippen LogP contribution in [0.1, 0.15) is 17.3 Å². The topological polar surface area (TPSA) is 82.6 Å². The smallest absolute Gasteiger partial charge is 0.255 e. The number of nitrogens with zero attached hydrogens (tertiary/aromatic N) is 2. The Bertz CT molecular complexity index is 979. The van der Waals surface area contributed by atoms with Crippen LogP contribution in [-0.4, -0.2) is 43.0 Å². The number of rotatable bonds is 9. The van der Waals surface area contributed by atoms with Crippen LogP contribution in [0.15, 0.2) is 54.6 Å². The number of benzene rings is 2. The van der Waals surface area contributed by atoms with Crippen LogP contribution in [0.3, 0.4) is 0 Å². The zero-order chi connectivity index (χ0) is 21.3. The van der Waals surface area contributed by atoms with Crippen molar-refractivity contribution in [1.82, 2.24) is 15.5 Å². The molecule has 0 aliphatic carbocycles. The highest BCUT2D eigenvalue weighted by Gasteiger charge is 2.12. The number of amides is 1. The molecule has 7 nitrogen and oxygen atoms in total. The summed E-state index contributed by atoms with van der Waals surface area (Å²) in [7, 11) is 1.50. The van der Waals surface area contributed by atoms with Crippen molar-refractivity contribution in [3.8, 4) is 28.6 Å². The third kappa shape index (κ3) is 5.61. The maximum atomic E-state index is 12.3. The Kier molecular flexibility index (Phi) is 7.45.